The Labute approximate surface area is 278 Å². The van der Waals surface area contributed by atoms with Crippen molar-refractivity contribution in [2.75, 3.05) is 0 Å². The summed E-state index contributed by atoms with van der Waals surface area (Å²) in [5.41, 5.74) is 1.41. The summed E-state index contributed by atoms with van der Waals surface area (Å²) in [4.78, 5) is 13.0. The Kier molecular flexibility index (Phi) is 10.9. The first kappa shape index (κ1) is 35.4. The van der Waals surface area contributed by atoms with Crippen molar-refractivity contribution in [1.29, 1.82) is 0 Å². The fourth-order valence-electron chi connectivity index (χ4n) is 4.35. The number of nitro benzene ring substituents is 1. The molecule has 244 valence electrons. The van der Waals surface area contributed by atoms with E-state index in [1.807, 2.05) is 0 Å². The van der Waals surface area contributed by atoms with E-state index in [0.29, 0.717) is 6.07 Å². The van der Waals surface area contributed by atoms with Gasteiger partial charge in [0.1, 0.15) is 15.0 Å². The average Bonchev–Trinajstić information content (AvgIpc) is 3.02. The van der Waals surface area contributed by atoms with Gasteiger partial charge >= 0.3 is 15.8 Å². The number of benzene rings is 5. The SMILES string of the molecule is CC(C)(C)c1ccc([S+](c2ccccc2)c2ccccc2)cc1.Cc1ccc(S(=O)(=O)Oc2ccc(S(=O)(=O)[O-])cc2[N+](=O)[O-])cc1. The molecular formula is C35H33NO8S3. The zero-order valence-electron chi connectivity index (χ0n) is 26.1. The predicted octanol–water partition coefficient (Wildman–Crippen LogP) is 7.65. The molecule has 0 bridgehead atoms. The first-order chi connectivity index (χ1) is 22.1. The Morgan fingerprint density at radius 1 is 0.660 bits per heavy atom. The molecule has 5 aromatic carbocycles. The van der Waals surface area contributed by atoms with E-state index in [9.17, 15) is 31.5 Å². The summed E-state index contributed by atoms with van der Waals surface area (Å²) in [7, 11) is -9.35. The standard InChI is InChI=1S/C22H23S.C13H11NO8S2/c1-22(2,3)18-14-16-21(17-15-18)23(19-10-6-4-7-11-19)20-12-8-5-9-13-20;1-9-2-4-10(5-3-9)24(20,21)22-13-7-6-11(23(17,18)19)8-12(13)14(15)16/h4-17H,1-3H3;2-8H,1H3,(H,17,18,19)/q+1;/p-1. The molecule has 9 nitrogen and oxygen atoms in total. The van der Waals surface area contributed by atoms with Crippen LogP contribution in [0, 0.1) is 17.0 Å². The van der Waals surface area contributed by atoms with E-state index in [1.165, 1.54) is 44.5 Å². The van der Waals surface area contributed by atoms with Gasteiger partial charge in [0.25, 0.3) is 0 Å². The van der Waals surface area contributed by atoms with Gasteiger partial charge in [-0.25, -0.2) is 8.42 Å². The lowest BCUT2D eigenvalue weighted by molar-refractivity contribution is -0.385. The Hall–Kier alpha value is -4.49. The van der Waals surface area contributed by atoms with Crippen molar-refractivity contribution in [3.63, 3.8) is 0 Å². The molecule has 0 saturated heterocycles. The summed E-state index contributed by atoms with van der Waals surface area (Å²) >= 11 is 0. The molecule has 47 heavy (non-hydrogen) atoms. The van der Waals surface area contributed by atoms with Crippen LogP contribution in [0.4, 0.5) is 5.69 Å². The smallest absolute Gasteiger partial charge is 0.339 e. The second-order valence-corrected chi connectivity index (χ2v) is 16.4. The Bertz CT molecular complexity index is 2000. The Morgan fingerprint density at radius 2 is 1.13 bits per heavy atom. The summed E-state index contributed by atoms with van der Waals surface area (Å²) in [5, 5.41) is 11.0. The molecule has 0 N–H and O–H groups in total. The zero-order chi connectivity index (χ0) is 34.4. The lowest BCUT2D eigenvalue weighted by Crippen LogP contribution is -2.11. The average molecular weight is 692 g/mol. The van der Waals surface area contributed by atoms with E-state index in [4.69, 9.17) is 4.18 Å². The molecule has 0 amide bonds. The minimum absolute atomic E-state index is 0.0497. The molecule has 0 spiro atoms. The summed E-state index contributed by atoms with van der Waals surface area (Å²) in [6, 6.07) is 38.2. The number of hydrogen-bond donors (Lipinski definition) is 0. The third-order valence-electron chi connectivity index (χ3n) is 6.84. The van der Waals surface area contributed by atoms with Crippen LogP contribution in [-0.4, -0.2) is 26.3 Å². The molecule has 0 saturated carbocycles. The highest BCUT2D eigenvalue weighted by atomic mass is 32.2. The summed E-state index contributed by atoms with van der Waals surface area (Å²) < 4.78 is 61.8. The van der Waals surface area contributed by atoms with Gasteiger partial charge in [0.05, 0.1) is 20.7 Å². The zero-order valence-corrected chi connectivity index (χ0v) is 28.5. The van der Waals surface area contributed by atoms with Crippen LogP contribution in [0.25, 0.3) is 0 Å². The lowest BCUT2D eigenvalue weighted by atomic mass is 9.87. The molecule has 0 fully saturated rings. The quantitative estimate of drug-likeness (QED) is 0.0531. The molecule has 0 aliphatic heterocycles. The van der Waals surface area contributed by atoms with Crippen LogP contribution in [0.2, 0.25) is 0 Å². The predicted molar refractivity (Wildman–Crippen MR) is 180 cm³/mol. The molecule has 0 atom stereocenters. The summed E-state index contributed by atoms with van der Waals surface area (Å²) in [5.74, 6) is -0.701. The highest BCUT2D eigenvalue weighted by Crippen LogP contribution is 2.33. The molecule has 0 aliphatic carbocycles. The van der Waals surface area contributed by atoms with Gasteiger partial charge < -0.3 is 8.74 Å². The van der Waals surface area contributed by atoms with Crippen LogP contribution in [0.15, 0.2) is 152 Å². The second kappa shape index (κ2) is 14.5. The molecule has 0 aromatic heterocycles. The molecule has 0 heterocycles. The van der Waals surface area contributed by atoms with Gasteiger partial charge in [-0.2, -0.15) is 8.42 Å². The van der Waals surface area contributed by atoms with Crippen LogP contribution in [0.1, 0.15) is 31.9 Å². The normalized spacial score (nSPS) is 11.8. The summed E-state index contributed by atoms with van der Waals surface area (Å²) in [6.07, 6.45) is 0. The van der Waals surface area contributed by atoms with Crippen molar-refractivity contribution in [2.24, 2.45) is 0 Å². The maximum absolute atomic E-state index is 12.1. The highest BCUT2D eigenvalue weighted by molar-refractivity contribution is 7.97. The van der Waals surface area contributed by atoms with Crippen LogP contribution < -0.4 is 4.18 Å². The van der Waals surface area contributed by atoms with Crippen LogP contribution in [0.5, 0.6) is 5.75 Å². The largest absolute Gasteiger partial charge is 0.744 e. The van der Waals surface area contributed by atoms with Crippen molar-refractivity contribution >= 4 is 36.8 Å². The third kappa shape index (κ3) is 9.29. The fourth-order valence-corrected chi connectivity index (χ4v) is 7.87. The van der Waals surface area contributed by atoms with Crippen molar-refractivity contribution in [2.45, 2.75) is 57.6 Å². The maximum Gasteiger partial charge on any atom is 0.339 e. The number of rotatable bonds is 8. The first-order valence-electron chi connectivity index (χ1n) is 14.3. The highest BCUT2D eigenvalue weighted by Gasteiger charge is 2.29. The Balaban J connectivity index is 0.000000213. The van der Waals surface area contributed by atoms with Crippen LogP contribution >= 0.6 is 0 Å². The van der Waals surface area contributed by atoms with Crippen molar-refractivity contribution in [3.8, 4) is 5.75 Å². The van der Waals surface area contributed by atoms with E-state index in [0.717, 1.165) is 17.7 Å². The van der Waals surface area contributed by atoms with Gasteiger partial charge in [-0.3, -0.25) is 10.1 Å². The number of nitrogens with zero attached hydrogens (tertiary/aromatic N) is 1. The van der Waals surface area contributed by atoms with E-state index in [1.54, 1.807) is 6.92 Å². The third-order valence-corrected chi connectivity index (χ3v) is 11.1. The minimum atomic E-state index is -4.94. The molecule has 0 unspecified atom stereocenters. The number of aryl methyl sites for hydroxylation is 1. The van der Waals surface area contributed by atoms with Gasteiger partial charge in [0, 0.05) is 6.07 Å². The minimum Gasteiger partial charge on any atom is -0.744 e. The van der Waals surface area contributed by atoms with Gasteiger partial charge in [-0.05, 0) is 78.6 Å². The van der Waals surface area contributed by atoms with E-state index in [2.05, 4.69) is 106 Å². The van der Waals surface area contributed by atoms with Gasteiger partial charge in [-0.1, -0.05) is 87.0 Å². The maximum atomic E-state index is 12.1. The first-order valence-corrected chi connectivity index (χ1v) is 18.3. The Morgan fingerprint density at radius 3 is 1.57 bits per heavy atom. The number of hydrogen-bond acceptors (Lipinski definition) is 8. The summed E-state index contributed by atoms with van der Waals surface area (Å²) in [6.45, 7) is 8.52. The fraction of sp³-hybridized carbons (Fsp3) is 0.143. The molecule has 12 heteroatoms. The van der Waals surface area contributed by atoms with Crippen LogP contribution in [-0.2, 0) is 36.5 Å². The monoisotopic (exact) mass is 691 g/mol. The number of nitro groups is 1. The van der Waals surface area contributed by atoms with Gasteiger partial charge in [0.2, 0.25) is 5.75 Å². The van der Waals surface area contributed by atoms with E-state index >= 15 is 0 Å². The van der Waals surface area contributed by atoms with Crippen molar-refractivity contribution in [3.05, 3.63) is 149 Å². The second-order valence-electron chi connectivity index (χ2n) is 11.4. The molecule has 5 aromatic rings. The van der Waals surface area contributed by atoms with Crippen molar-refractivity contribution in [1.82, 2.24) is 0 Å². The molecule has 0 radical (unpaired) electrons. The lowest BCUT2D eigenvalue weighted by Gasteiger charge is -2.19. The van der Waals surface area contributed by atoms with Gasteiger partial charge in [0.15, 0.2) is 14.7 Å². The van der Waals surface area contributed by atoms with Crippen LogP contribution in [0.3, 0.4) is 0 Å². The van der Waals surface area contributed by atoms with E-state index < -0.39 is 41.5 Å². The van der Waals surface area contributed by atoms with E-state index in [-0.39, 0.29) is 21.2 Å². The van der Waals surface area contributed by atoms with Crippen molar-refractivity contribution < 1.29 is 30.5 Å². The molecule has 0 aliphatic rings. The molecular weight excluding hydrogens is 659 g/mol. The topological polar surface area (TPSA) is 144 Å². The molecule has 5 rings (SSSR count). The van der Waals surface area contributed by atoms with Gasteiger partial charge in [-0.15, -0.1) is 0 Å².